The van der Waals surface area contributed by atoms with Crippen LogP contribution in [0.4, 0.5) is 11.6 Å². The van der Waals surface area contributed by atoms with Crippen molar-refractivity contribution in [1.29, 1.82) is 0 Å². The van der Waals surface area contributed by atoms with Crippen LogP contribution in [-0.2, 0) is 58.1 Å². The van der Waals surface area contributed by atoms with Crippen molar-refractivity contribution in [3.05, 3.63) is 120 Å². The van der Waals surface area contributed by atoms with Crippen molar-refractivity contribution < 1.29 is 28.7 Å². The van der Waals surface area contributed by atoms with E-state index in [1.54, 1.807) is 33.3 Å². The summed E-state index contributed by atoms with van der Waals surface area (Å²) in [5.74, 6) is 1.48. The van der Waals surface area contributed by atoms with E-state index in [2.05, 4.69) is 30.8 Å². The van der Waals surface area contributed by atoms with Crippen molar-refractivity contribution in [2.24, 2.45) is 11.8 Å². The molecular weight excluding hydrogens is 869 g/mol. The molecule has 4 amide bonds. The molecule has 8 heterocycles. The molecule has 2 atom stereocenters. The maximum absolute atomic E-state index is 13.1. The largest absolute Gasteiger partial charge is 0.381 e. The number of amides is 4. The van der Waals surface area contributed by atoms with Crippen LogP contribution in [0.2, 0.25) is 0 Å². The van der Waals surface area contributed by atoms with E-state index in [-0.39, 0.29) is 23.5 Å². The molecule has 4 aromatic heterocycles. The Bertz CT molecular complexity index is 2480. The van der Waals surface area contributed by atoms with Gasteiger partial charge in [0.1, 0.15) is 36.4 Å². The molecule has 6 aromatic rings. The second-order valence-electron chi connectivity index (χ2n) is 17.9. The van der Waals surface area contributed by atoms with Crippen LogP contribution < -0.4 is 20.4 Å². The van der Waals surface area contributed by atoms with Gasteiger partial charge in [-0.3, -0.25) is 29.0 Å². The van der Waals surface area contributed by atoms with Crippen molar-refractivity contribution in [1.82, 2.24) is 59.7 Å². The van der Waals surface area contributed by atoms with E-state index in [0.29, 0.717) is 50.9 Å². The van der Waals surface area contributed by atoms with E-state index < -0.39 is 23.9 Å². The molecule has 2 saturated heterocycles. The standard InChI is InChI=1S/2C24H29N7O3/c2*1-29-21-14-19(13-17-8-11-34-12-9-17)27-31(21)10-7-20(24(29)33)26-23(32)22-25-16-30(28-22)15-18-5-3-2-4-6-18/h2*2-6,14,16-17,20H,7-13,15H2,1H3,(H,26,32)/t2*20-/m10/s1. The fourth-order valence-electron chi connectivity index (χ4n) is 9.13. The quantitative estimate of drug-likeness (QED) is 0.181. The van der Waals surface area contributed by atoms with Gasteiger partial charge >= 0.3 is 0 Å². The Labute approximate surface area is 394 Å². The number of ether oxygens (including phenoxy) is 2. The first-order chi connectivity index (χ1) is 33.1. The number of hydrogen-bond acceptors (Lipinski definition) is 12. The molecule has 2 fully saturated rings. The summed E-state index contributed by atoms with van der Waals surface area (Å²) in [6.07, 6.45) is 9.90. The fourth-order valence-corrected chi connectivity index (χ4v) is 9.13. The third kappa shape index (κ3) is 11.2. The SMILES string of the molecule is CN1C(=O)[C@@H](NC(=O)c2ncn(Cc3ccccc3)n2)CCn2nc(CC3CCOCC3)cc21.CN1C(=O)[C@H](NC(=O)c2ncn(Cc3ccccc3)n2)CCn2nc(CC3CCOCC3)cc21. The second kappa shape index (κ2) is 21.3. The second-order valence-corrected chi connectivity index (χ2v) is 17.9. The first-order valence-corrected chi connectivity index (χ1v) is 23.5. The van der Waals surface area contributed by atoms with Gasteiger partial charge in [-0.25, -0.2) is 28.7 Å². The van der Waals surface area contributed by atoms with Gasteiger partial charge in [-0.2, -0.15) is 10.2 Å². The van der Waals surface area contributed by atoms with E-state index in [9.17, 15) is 19.2 Å². The third-order valence-corrected chi connectivity index (χ3v) is 13.0. The van der Waals surface area contributed by atoms with Crippen molar-refractivity contribution in [2.75, 3.05) is 50.3 Å². The molecule has 2 aromatic carbocycles. The van der Waals surface area contributed by atoms with Gasteiger partial charge in [0, 0.05) is 65.7 Å². The zero-order valence-corrected chi connectivity index (χ0v) is 38.5. The first-order valence-electron chi connectivity index (χ1n) is 23.5. The van der Waals surface area contributed by atoms with Gasteiger partial charge in [0.05, 0.1) is 24.5 Å². The Morgan fingerprint density at radius 3 is 1.37 bits per heavy atom. The number of fused-ring (bicyclic) bond motifs is 2. The van der Waals surface area contributed by atoms with Crippen LogP contribution in [0.5, 0.6) is 0 Å². The van der Waals surface area contributed by atoms with E-state index in [4.69, 9.17) is 19.7 Å². The molecule has 4 aliphatic rings. The lowest BCUT2D eigenvalue weighted by atomic mass is 9.95. The van der Waals surface area contributed by atoms with Crippen molar-refractivity contribution in [2.45, 2.75) is 89.6 Å². The lowest BCUT2D eigenvalue weighted by molar-refractivity contribution is -0.120. The van der Waals surface area contributed by atoms with Gasteiger partial charge in [0.25, 0.3) is 23.6 Å². The predicted octanol–water partition coefficient (Wildman–Crippen LogP) is 3.31. The predicted molar refractivity (Wildman–Crippen MR) is 249 cm³/mol. The Morgan fingerprint density at radius 2 is 0.971 bits per heavy atom. The number of nitrogens with zero attached hydrogens (tertiary/aromatic N) is 12. The van der Waals surface area contributed by atoms with Crippen LogP contribution >= 0.6 is 0 Å². The van der Waals surface area contributed by atoms with Crippen molar-refractivity contribution >= 4 is 35.3 Å². The summed E-state index contributed by atoms with van der Waals surface area (Å²) >= 11 is 0. The van der Waals surface area contributed by atoms with E-state index in [1.807, 2.05) is 82.2 Å². The monoisotopic (exact) mass is 926 g/mol. The van der Waals surface area contributed by atoms with Gasteiger partial charge < -0.3 is 20.1 Å². The van der Waals surface area contributed by atoms with Gasteiger partial charge in [-0.05, 0) is 74.3 Å². The number of carbonyl (C=O) groups is 4. The zero-order chi connectivity index (χ0) is 47.0. The van der Waals surface area contributed by atoms with Crippen LogP contribution in [0, 0.1) is 11.8 Å². The summed E-state index contributed by atoms with van der Waals surface area (Å²) in [7, 11) is 3.46. The molecule has 0 spiro atoms. The van der Waals surface area contributed by atoms with Crippen molar-refractivity contribution in [3.63, 3.8) is 0 Å². The molecule has 20 heteroatoms. The van der Waals surface area contributed by atoms with Crippen LogP contribution in [0.15, 0.2) is 85.5 Å². The number of benzene rings is 2. The zero-order valence-electron chi connectivity index (χ0n) is 38.5. The van der Waals surface area contributed by atoms with Crippen LogP contribution in [0.3, 0.4) is 0 Å². The Morgan fingerprint density at radius 1 is 0.574 bits per heavy atom. The maximum Gasteiger partial charge on any atom is 0.291 e. The molecule has 10 rings (SSSR count). The van der Waals surface area contributed by atoms with E-state index >= 15 is 0 Å². The fraction of sp³-hybridized carbons (Fsp3) is 0.458. The highest BCUT2D eigenvalue weighted by Crippen LogP contribution is 2.27. The number of rotatable bonds is 12. The highest BCUT2D eigenvalue weighted by molar-refractivity contribution is 6.01. The minimum Gasteiger partial charge on any atom is -0.381 e. The minimum absolute atomic E-state index is 0.0483. The lowest BCUT2D eigenvalue weighted by Crippen LogP contribution is -2.47. The smallest absolute Gasteiger partial charge is 0.291 e. The van der Waals surface area contributed by atoms with Crippen LogP contribution in [-0.4, -0.2) is 125 Å². The summed E-state index contributed by atoms with van der Waals surface area (Å²) in [5.41, 5.74) is 4.12. The van der Waals surface area contributed by atoms with Gasteiger partial charge in [0.15, 0.2) is 0 Å². The molecule has 356 valence electrons. The molecule has 68 heavy (non-hydrogen) atoms. The molecular formula is C48H58N14O6. The van der Waals surface area contributed by atoms with E-state index in [1.165, 1.54) is 12.7 Å². The topological polar surface area (TPSA) is 214 Å². The summed E-state index contributed by atoms with van der Waals surface area (Å²) < 4.78 is 17.9. The summed E-state index contributed by atoms with van der Waals surface area (Å²) in [4.78, 5) is 63.2. The number of likely N-dealkylation sites (N-methyl/N-ethyl adjacent to an activating group) is 2. The van der Waals surface area contributed by atoms with Gasteiger partial charge in [-0.1, -0.05) is 60.7 Å². The molecule has 0 bridgehead atoms. The molecule has 0 unspecified atom stereocenters. The summed E-state index contributed by atoms with van der Waals surface area (Å²) in [6.45, 7) is 5.33. The average Bonchev–Trinajstić information content (AvgIpc) is 4.18. The average molecular weight is 927 g/mol. The highest BCUT2D eigenvalue weighted by atomic mass is 16.5. The molecule has 2 N–H and O–H groups in total. The lowest BCUT2D eigenvalue weighted by Gasteiger charge is -2.21. The van der Waals surface area contributed by atoms with Crippen LogP contribution in [0.1, 0.15) is 82.3 Å². The van der Waals surface area contributed by atoms with Gasteiger partial charge in [0.2, 0.25) is 11.6 Å². The molecule has 0 aliphatic carbocycles. The number of carbonyl (C=O) groups excluding carboxylic acids is 4. The number of aryl methyl sites for hydroxylation is 2. The molecule has 20 nitrogen and oxygen atoms in total. The summed E-state index contributed by atoms with van der Waals surface area (Å²) in [6, 6.07) is 22.3. The van der Waals surface area contributed by atoms with Crippen LogP contribution in [0.25, 0.3) is 0 Å². The number of nitrogens with one attached hydrogen (secondary N) is 2. The highest BCUT2D eigenvalue weighted by Gasteiger charge is 2.34. The van der Waals surface area contributed by atoms with Crippen molar-refractivity contribution in [3.8, 4) is 0 Å². The maximum atomic E-state index is 13.1. The minimum atomic E-state index is -0.667. The number of aromatic nitrogens is 10. The summed E-state index contributed by atoms with van der Waals surface area (Å²) in [5, 5.41) is 23.7. The molecule has 0 radical (unpaired) electrons. The Hall–Kier alpha value is -7.06. The molecule has 4 aliphatic heterocycles. The third-order valence-electron chi connectivity index (χ3n) is 13.0. The van der Waals surface area contributed by atoms with Gasteiger partial charge in [-0.15, -0.1) is 10.2 Å². The van der Waals surface area contributed by atoms with E-state index in [0.717, 1.165) is 99.1 Å². The number of hydrogen-bond donors (Lipinski definition) is 2. The Balaban J connectivity index is 0.000000170. The Kier molecular flexibility index (Phi) is 14.4. The first kappa shape index (κ1) is 46.1. The normalized spacial score (nSPS) is 19.0. The number of anilines is 2. The molecule has 0 saturated carbocycles.